The summed E-state index contributed by atoms with van der Waals surface area (Å²) in [6.45, 7) is 4.92. The Morgan fingerprint density at radius 1 is 1.35 bits per heavy atom. The number of likely N-dealkylation sites (tertiary alicyclic amines) is 1. The first-order chi connectivity index (χ1) is 9.75. The zero-order valence-electron chi connectivity index (χ0n) is 11.7. The summed E-state index contributed by atoms with van der Waals surface area (Å²) in [5, 5.41) is 0. The number of amides is 1. The number of aromatic nitrogens is 2. The van der Waals surface area contributed by atoms with Crippen LogP contribution >= 0.6 is 0 Å². The van der Waals surface area contributed by atoms with Gasteiger partial charge < -0.3 is 4.90 Å². The van der Waals surface area contributed by atoms with Crippen LogP contribution in [-0.2, 0) is 0 Å². The third-order valence-electron chi connectivity index (χ3n) is 4.42. The SMILES string of the molecule is CC1CNNC1C1CCN(C(=O)c2cnccn2)CC1. The summed E-state index contributed by atoms with van der Waals surface area (Å²) < 4.78 is 0. The highest BCUT2D eigenvalue weighted by Crippen LogP contribution is 2.26. The average molecular weight is 275 g/mol. The Bertz CT molecular complexity index is 458. The molecule has 2 aliphatic heterocycles. The van der Waals surface area contributed by atoms with Gasteiger partial charge in [-0.2, -0.15) is 0 Å². The molecule has 0 aliphatic carbocycles. The molecule has 2 atom stereocenters. The molecule has 2 aliphatic rings. The smallest absolute Gasteiger partial charge is 0.274 e. The molecule has 0 radical (unpaired) electrons. The maximum Gasteiger partial charge on any atom is 0.274 e. The Morgan fingerprint density at radius 2 is 2.15 bits per heavy atom. The van der Waals surface area contributed by atoms with E-state index in [4.69, 9.17) is 0 Å². The highest BCUT2D eigenvalue weighted by Gasteiger charge is 2.34. The second kappa shape index (κ2) is 5.85. The van der Waals surface area contributed by atoms with E-state index in [0.29, 0.717) is 23.6 Å². The summed E-state index contributed by atoms with van der Waals surface area (Å²) in [6.07, 6.45) is 6.79. The Balaban J connectivity index is 1.57. The fraction of sp³-hybridized carbons (Fsp3) is 0.643. The molecule has 1 aromatic heterocycles. The number of nitrogens with zero attached hydrogens (tertiary/aromatic N) is 3. The van der Waals surface area contributed by atoms with Crippen LogP contribution in [-0.4, -0.2) is 46.5 Å². The third-order valence-corrected chi connectivity index (χ3v) is 4.42. The van der Waals surface area contributed by atoms with Gasteiger partial charge in [0.15, 0.2) is 0 Å². The van der Waals surface area contributed by atoms with Crippen molar-refractivity contribution in [3.63, 3.8) is 0 Å². The van der Waals surface area contributed by atoms with Crippen LogP contribution in [0.2, 0.25) is 0 Å². The molecule has 2 saturated heterocycles. The Kier molecular flexibility index (Phi) is 3.93. The minimum Gasteiger partial charge on any atom is -0.337 e. The van der Waals surface area contributed by atoms with Gasteiger partial charge in [-0.1, -0.05) is 6.92 Å². The zero-order chi connectivity index (χ0) is 13.9. The molecule has 2 unspecified atom stereocenters. The second-order valence-corrected chi connectivity index (χ2v) is 5.75. The van der Waals surface area contributed by atoms with Gasteiger partial charge in [-0.3, -0.25) is 20.6 Å². The van der Waals surface area contributed by atoms with Crippen molar-refractivity contribution >= 4 is 5.91 Å². The fourth-order valence-electron chi connectivity index (χ4n) is 3.22. The van der Waals surface area contributed by atoms with E-state index >= 15 is 0 Å². The summed E-state index contributed by atoms with van der Waals surface area (Å²) in [6, 6.07) is 0.531. The molecular formula is C14H21N5O. The van der Waals surface area contributed by atoms with Crippen LogP contribution in [0.15, 0.2) is 18.6 Å². The fourth-order valence-corrected chi connectivity index (χ4v) is 3.22. The first-order valence-corrected chi connectivity index (χ1v) is 7.29. The molecule has 1 aromatic rings. The van der Waals surface area contributed by atoms with Crippen LogP contribution in [0.5, 0.6) is 0 Å². The van der Waals surface area contributed by atoms with Gasteiger partial charge in [-0.05, 0) is 24.7 Å². The monoisotopic (exact) mass is 275 g/mol. The molecule has 3 heterocycles. The van der Waals surface area contributed by atoms with E-state index in [2.05, 4.69) is 27.7 Å². The zero-order valence-corrected chi connectivity index (χ0v) is 11.7. The largest absolute Gasteiger partial charge is 0.337 e. The average Bonchev–Trinajstić information content (AvgIpc) is 2.94. The van der Waals surface area contributed by atoms with Gasteiger partial charge >= 0.3 is 0 Å². The van der Waals surface area contributed by atoms with Gasteiger partial charge in [0.05, 0.1) is 6.20 Å². The highest BCUT2D eigenvalue weighted by molar-refractivity contribution is 5.92. The van der Waals surface area contributed by atoms with Crippen molar-refractivity contribution in [2.45, 2.75) is 25.8 Å². The molecule has 6 nitrogen and oxygen atoms in total. The van der Waals surface area contributed by atoms with Crippen molar-refractivity contribution in [1.82, 2.24) is 25.7 Å². The minimum absolute atomic E-state index is 0.00195. The second-order valence-electron chi connectivity index (χ2n) is 5.75. The predicted molar refractivity (Wildman–Crippen MR) is 74.7 cm³/mol. The van der Waals surface area contributed by atoms with E-state index in [0.717, 1.165) is 32.5 Å². The summed E-state index contributed by atoms with van der Waals surface area (Å²) in [5.74, 6) is 1.30. The first kappa shape index (κ1) is 13.5. The molecule has 6 heteroatoms. The molecule has 0 spiro atoms. The summed E-state index contributed by atoms with van der Waals surface area (Å²) in [5.41, 5.74) is 7.05. The van der Waals surface area contributed by atoms with Gasteiger partial charge in [-0.25, -0.2) is 4.98 Å². The highest BCUT2D eigenvalue weighted by atomic mass is 16.2. The molecule has 0 bridgehead atoms. The number of carbonyl (C=O) groups is 1. The van der Waals surface area contributed by atoms with E-state index in [1.54, 1.807) is 18.6 Å². The van der Waals surface area contributed by atoms with Crippen LogP contribution in [0, 0.1) is 11.8 Å². The molecule has 0 saturated carbocycles. The van der Waals surface area contributed by atoms with Crippen molar-refractivity contribution in [3.05, 3.63) is 24.3 Å². The lowest BCUT2D eigenvalue weighted by Crippen LogP contribution is -2.46. The lowest BCUT2D eigenvalue weighted by atomic mass is 9.84. The van der Waals surface area contributed by atoms with Crippen molar-refractivity contribution < 1.29 is 4.79 Å². The van der Waals surface area contributed by atoms with Crippen LogP contribution in [0.4, 0.5) is 0 Å². The number of hydrogen-bond acceptors (Lipinski definition) is 5. The first-order valence-electron chi connectivity index (χ1n) is 7.29. The van der Waals surface area contributed by atoms with E-state index in [1.807, 2.05) is 4.90 Å². The molecule has 20 heavy (non-hydrogen) atoms. The molecular weight excluding hydrogens is 254 g/mol. The number of rotatable bonds is 2. The maximum absolute atomic E-state index is 12.3. The maximum atomic E-state index is 12.3. The van der Waals surface area contributed by atoms with Crippen LogP contribution in [0.1, 0.15) is 30.3 Å². The van der Waals surface area contributed by atoms with Gasteiger partial charge in [0.1, 0.15) is 5.69 Å². The van der Waals surface area contributed by atoms with Crippen molar-refractivity contribution in [1.29, 1.82) is 0 Å². The number of nitrogens with one attached hydrogen (secondary N) is 2. The number of piperidine rings is 1. The minimum atomic E-state index is 0.00195. The summed E-state index contributed by atoms with van der Waals surface area (Å²) >= 11 is 0. The van der Waals surface area contributed by atoms with Crippen molar-refractivity contribution in [2.24, 2.45) is 11.8 Å². The Morgan fingerprint density at radius 3 is 2.75 bits per heavy atom. The topological polar surface area (TPSA) is 70.2 Å². The number of carbonyl (C=O) groups excluding carboxylic acids is 1. The lowest BCUT2D eigenvalue weighted by molar-refractivity contribution is 0.0659. The van der Waals surface area contributed by atoms with Gasteiger partial charge in [0.25, 0.3) is 5.91 Å². The molecule has 2 N–H and O–H groups in total. The molecule has 108 valence electrons. The number of hydrogen-bond donors (Lipinski definition) is 2. The third kappa shape index (κ3) is 2.66. The Labute approximate surface area is 118 Å². The van der Waals surface area contributed by atoms with Crippen LogP contribution in [0.25, 0.3) is 0 Å². The normalized spacial score (nSPS) is 27.8. The quantitative estimate of drug-likeness (QED) is 0.819. The van der Waals surface area contributed by atoms with Gasteiger partial charge in [-0.15, -0.1) is 0 Å². The Hall–Kier alpha value is -1.53. The molecule has 1 amide bonds. The molecule has 0 aromatic carbocycles. The summed E-state index contributed by atoms with van der Waals surface area (Å²) in [4.78, 5) is 22.2. The van der Waals surface area contributed by atoms with Crippen LogP contribution in [0.3, 0.4) is 0 Å². The van der Waals surface area contributed by atoms with E-state index in [9.17, 15) is 4.79 Å². The standard InChI is InChI=1S/C14H21N5O/c1-10-8-17-18-13(10)11-2-6-19(7-3-11)14(20)12-9-15-4-5-16-12/h4-5,9-11,13,17-18H,2-3,6-8H2,1H3. The lowest BCUT2D eigenvalue weighted by Gasteiger charge is -2.35. The number of hydrazine groups is 1. The molecule has 2 fully saturated rings. The van der Waals surface area contributed by atoms with Crippen LogP contribution < -0.4 is 10.9 Å². The van der Waals surface area contributed by atoms with Crippen molar-refractivity contribution in [2.75, 3.05) is 19.6 Å². The predicted octanol–water partition coefficient (Wildman–Crippen LogP) is 0.441. The van der Waals surface area contributed by atoms with Crippen molar-refractivity contribution in [3.8, 4) is 0 Å². The van der Waals surface area contributed by atoms with Gasteiger partial charge in [0, 0.05) is 38.1 Å². The van der Waals surface area contributed by atoms with E-state index in [-0.39, 0.29) is 5.91 Å². The molecule has 3 rings (SSSR count). The van der Waals surface area contributed by atoms with Gasteiger partial charge in [0.2, 0.25) is 0 Å². The van der Waals surface area contributed by atoms with E-state index < -0.39 is 0 Å². The summed E-state index contributed by atoms with van der Waals surface area (Å²) in [7, 11) is 0. The van der Waals surface area contributed by atoms with E-state index in [1.165, 1.54) is 0 Å².